The highest BCUT2D eigenvalue weighted by molar-refractivity contribution is 7.20. The molecule has 0 atom stereocenters. The van der Waals surface area contributed by atoms with Crippen LogP contribution < -0.4 is 10.6 Å². The molecule has 3 aromatic heterocycles. The van der Waals surface area contributed by atoms with Crippen molar-refractivity contribution in [2.24, 2.45) is 0 Å². The van der Waals surface area contributed by atoms with Gasteiger partial charge in [-0.2, -0.15) is 5.10 Å². The zero-order valence-corrected chi connectivity index (χ0v) is 16.7. The summed E-state index contributed by atoms with van der Waals surface area (Å²) in [7, 11) is 0. The molecule has 0 aliphatic rings. The lowest BCUT2D eigenvalue weighted by molar-refractivity contribution is -0.123. The molecular formula is C19H16N6O2S2. The minimum atomic E-state index is -0.301. The van der Waals surface area contributed by atoms with Gasteiger partial charge in [0.2, 0.25) is 11.8 Å². The largest absolute Gasteiger partial charge is 0.347 e. The predicted octanol–water partition coefficient (Wildman–Crippen LogP) is 2.75. The predicted molar refractivity (Wildman–Crippen MR) is 112 cm³/mol. The van der Waals surface area contributed by atoms with E-state index in [0.29, 0.717) is 11.4 Å². The van der Waals surface area contributed by atoms with E-state index >= 15 is 0 Å². The van der Waals surface area contributed by atoms with Gasteiger partial charge in [-0.25, -0.2) is 14.6 Å². The second-order valence-corrected chi connectivity index (χ2v) is 7.82. The molecule has 4 aromatic rings. The summed E-state index contributed by atoms with van der Waals surface area (Å²) in [6.07, 6.45) is 3.18. The number of hydrogen-bond acceptors (Lipinski definition) is 7. The van der Waals surface area contributed by atoms with Crippen molar-refractivity contribution in [3.63, 3.8) is 0 Å². The smallest absolute Gasteiger partial charge is 0.243 e. The average molecular weight is 425 g/mol. The maximum absolute atomic E-state index is 12.1. The first-order valence-electron chi connectivity index (χ1n) is 8.67. The summed E-state index contributed by atoms with van der Waals surface area (Å²) in [6.45, 7) is -0.106. The van der Waals surface area contributed by atoms with E-state index in [9.17, 15) is 9.59 Å². The summed E-state index contributed by atoms with van der Waals surface area (Å²) in [6, 6.07) is 11.1. The molecular weight excluding hydrogens is 408 g/mol. The number of hydrogen-bond donors (Lipinski definition) is 2. The SMILES string of the molecule is O=C(Cc1csc(-c2cccs2)n1)NCC(=O)Nc1ccc(-n2cncn2)cc1. The van der Waals surface area contributed by atoms with Crippen LogP contribution in [-0.4, -0.2) is 38.1 Å². The fourth-order valence-electron chi connectivity index (χ4n) is 2.55. The number of aromatic nitrogens is 4. The van der Waals surface area contributed by atoms with Crippen LogP contribution in [0.4, 0.5) is 5.69 Å². The third-order valence-electron chi connectivity index (χ3n) is 3.91. The van der Waals surface area contributed by atoms with Crippen molar-refractivity contribution in [3.8, 4) is 15.6 Å². The maximum Gasteiger partial charge on any atom is 0.243 e. The Bertz CT molecular complexity index is 1090. The Morgan fingerprint density at radius 2 is 1.93 bits per heavy atom. The number of amides is 2. The molecule has 3 heterocycles. The number of nitrogens with zero attached hydrogens (tertiary/aromatic N) is 4. The molecule has 2 N–H and O–H groups in total. The van der Waals surface area contributed by atoms with Crippen molar-refractivity contribution in [1.82, 2.24) is 25.1 Å². The van der Waals surface area contributed by atoms with Crippen LogP contribution in [0, 0.1) is 0 Å². The monoisotopic (exact) mass is 424 g/mol. The van der Waals surface area contributed by atoms with Crippen LogP contribution in [0.15, 0.2) is 59.8 Å². The van der Waals surface area contributed by atoms with Gasteiger partial charge in [-0.3, -0.25) is 9.59 Å². The molecule has 0 aliphatic heterocycles. The number of rotatable bonds is 7. The van der Waals surface area contributed by atoms with Gasteiger partial charge < -0.3 is 10.6 Å². The number of carbonyl (C=O) groups is 2. The standard InChI is InChI=1S/C19H16N6O2S2/c26-17(8-14-10-29-19(24-14)16-2-1-7-28-16)21-9-18(27)23-13-3-5-15(6-4-13)25-12-20-11-22-25/h1-7,10-12H,8-9H2,(H,21,26)(H,23,27). The van der Waals surface area contributed by atoms with Crippen molar-refractivity contribution in [1.29, 1.82) is 0 Å². The second kappa shape index (κ2) is 8.76. The summed E-state index contributed by atoms with van der Waals surface area (Å²) in [4.78, 5) is 33.6. The molecule has 0 aliphatic carbocycles. The lowest BCUT2D eigenvalue weighted by Gasteiger charge is -2.07. The zero-order chi connectivity index (χ0) is 20.1. The first kappa shape index (κ1) is 19.0. The summed E-state index contributed by atoms with van der Waals surface area (Å²) >= 11 is 3.12. The highest BCUT2D eigenvalue weighted by Gasteiger charge is 2.11. The molecule has 4 rings (SSSR count). The van der Waals surface area contributed by atoms with Crippen LogP contribution in [-0.2, 0) is 16.0 Å². The van der Waals surface area contributed by atoms with Gasteiger partial charge in [-0.15, -0.1) is 22.7 Å². The fourth-order valence-corrected chi connectivity index (χ4v) is 4.19. The van der Waals surface area contributed by atoms with Crippen molar-refractivity contribution in [2.75, 3.05) is 11.9 Å². The van der Waals surface area contributed by atoms with E-state index < -0.39 is 0 Å². The highest BCUT2D eigenvalue weighted by Crippen LogP contribution is 2.27. The van der Waals surface area contributed by atoms with Crippen molar-refractivity contribution in [3.05, 3.63) is 65.5 Å². The minimum Gasteiger partial charge on any atom is -0.347 e. The number of thiazole rings is 1. The average Bonchev–Trinajstić information content (AvgIpc) is 3.48. The Morgan fingerprint density at radius 1 is 1.07 bits per heavy atom. The second-order valence-electron chi connectivity index (χ2n) is 6.01. The zero-order valence-electron chi connectivity index (χ0n) is 15.1. The quantitative estimate of drug-likeness (QED) is 0.475. The molecule has 0 fully saturated rings. The normalized spacial score (nSPS) is 10.6. The van der Waals surface area contributed by atoms with Gasteiger partial charge >= 0.3 is 0 Å². The van der Waals surface area contributed by atoms with Gasteiger partial charge in [-0.05, 0) is 35.7 Å². The third kappa shape index (κ3) is 4.92. The van der Waals surface area contributed by atoms with Crippen LogP contribution in [0.1, 0.15) is 5.69 Å². The Balaban J connectivity index is 1.24. The third-order valence-corrected chi connectivity index (χ3v) is 5.84. The molecule has 0 radical (unpaired) electrons. The van der Waals surface area contributed by atoms with Gasteiger partial charge in [0.25, 0.3) is 0 Å². The van der Waals surface area contributed by atoms with Crippen LogP contribution >= 0.6 is 22.7 Å². The number of thiophene rings is 1. The molecule has 1 aromatic carbocycles. The minimum absolute atomic E-state index is 0.106. The first-order chi connectivity index (χ1) is 14.2. The van der Waals surface area contributed by atoms with Crippen LogP contribution in [0.25, 0.3) is 15.6 Å². The molecule has 8 nitrogen and oxygen atoms in total. The number of carbonyl (C=O) groups excluding carboxylic acids is 2. The highest BCUT2D eigenvalue weighted by atomic mass is 32.1. The molecule has 0 saturated carbocycles. The molecule has 0 spiro atoms. The molecule has 146 valence electrons. The van der Waals surface area contributed by atoms with Gasteiger partial charge in [-0.1, -0.05) is 6.07 Å². The fraction of sp³-hybridized carbons (Fsp3) is 0.105. The lowest BCUT2D eigenvalue weighted by Crippen LogP contribution is -2.33. The molecule has 0 bridgehead atoms. The van der Waals surface area contributed by atoms with Gasteiger partial charge in [0.1, 0.15) is 17.7 Å². The Labute approximate surface area is 174 Å². The van der Waals surface area contributed by atoms with E-state index in [4.69, 9.17) is 0 Å². The number of nitrogens with one attached hydrogen (secondary N) is 2. The lowest BCUT2D eigenvalue weighted by atomic mass is 10.3. The van der Waals surface area contributed by atoms with E-state index in [1.54, 1.807) is 34.5 Å². The van der Waals surface area contributed by atoms with Crippen LogP contribution in [0.3, 0.4) is 0 Å². The maximum atomic E-state index is 12.1. The van der Waals surface area contributed by atoms with Crippen LogP contribution in [0.5, 0.6) is 0 Å². The molecule has 2 amide bonds. The van der Waals surface area contributed by atoms with Crippen LogP contribution in [0.2, 0.25) is 0 Å². The summed E-state index contributed by atoms with van der Waals surface area (Å²) in [5, 5.41) is 14.2. The van der Waals surface area contributed by atoms with Gasteiger partial charge in [0, 0.05) is 11.1 Å². The Kier molecular flexibility index (Phi) is 5.73. The Hall–Kier alpha value is -3.37. The summed E-state index contributed by atoms with van der Waals surface area (Å²) in [5.74, 6) is -0.547. The topological polar surface area (TPSA) is 102 Å². The first-order valence-corrected chi connectivity index (χ1v) is 10.4. The molecule has 10 heteroatoms. The molecule has 0 saturated heterocycles. The number of benzene rings is 1. The van der Waals surface area contributed by atoms with Crippen molar-refractivity contribution in [2.45, 2.75) is 6.42 Å². The van der Waals surface area contributed by atoms with E-state index in [0.717, 1.165) is 15.6 Å². The summed E-state index contributed by atoms with van der Waals surface area (Å²) < 4.78 is 1.62. The Morgan fingerprint density at radius 3 is 2.66 bits per heavy atom. The van der Waals surface area contributed by atoms with Crippen molar-refractivity contribution >= 4 is 40.2 Å². The van der Waals surface area contributed by atoms with E-state index in [1.165, 1.54) is 17.7 Å². The van der Waals surface area contributed by atoms with Gasteiger partial charge in [0.15, 0.2) is 0 Å². The van der Waals surface area contributed by atoms with E-state index in [-0.39, 0.29) is 24.8 Å². The number of anilines is 1. The van der Waals surface area contributed by atoms with Gasteiger partial charge in [0.05, 0.1) is 29.2 Å². The molecule has 0 unspecified atom stereocenters. The van der Waals surface area contributed by atoms with Crippen molar-refractivity contribution < 1.29 is 9.59 Å². The van der Waals surface area contributed by atoms with E-state index in [1.807, 2.05) is 35.0 Å². The summed E-state index contributed by atoms with van der Waals surface area (Å²) in [5.41, 5.74) is 2.16. The molecule has 29 heavy (non-hydrogen) atoms. The van der Waals surface area contributed by atoms with E-state index in [2.05, 4.69) is 25.7 Å².